The van der Waals surface area contributed by atoms with Crippen LogP contribution < -0.4 is 5.32 Å². The van der Waals surface area contributed by atoms with Crippen LogP contribution in [0.1, 0.15) is 40.9 Å². The standard InChI is InChI=1S/C19H20N4O/c1-3-18(15-6-4-14(2)5-7-15)22-19(24)16-8-10-17(11-9-16)23-13-20-12-21-23/h4-13,18H,3H2,1-2H3,(H,22,24). The Morgan fingerprint density at radius 2 is 1.83 bits per heavy atom. The second kappa shape index (κ2) is 7.08. The second-order valence-corrected chi connectivity index (χ2v) is 5.73. The quantitative estimate of drug-likeness (QED) is 0.783. The SMILES string of the molecule is CCC(NC(=O)c1ccc(-n2cncn2)cc1)c1ccc(C)cc1. The number of carbonyl (C=O) groups is 1. The van der Waals surface area contributed by atoms with Crippen LogP contribution in [0.2, 0.25) is 0 Å². The van der Waals surface area contributed by atoms with Crippen LogP contribution >= 0.6 is 0 Å². The van der Waals surface area contributed by atoms with E-state index in [1.165, 1.54) is 11.9 Å². The first kappa shape index (κ1) is 15.9. The van der Waals surface area contributed by atoms with Gasteiger partial charge in [0.1, 0.15) is 12.7 Å². The maximum atomic E-state index is 12.5. The molecule has 1 unspecified atom stereocenters. The topological polar surface area (TPSA) is 59.8 Å². The van der Waals surface area contributed by atoms with E-state index in [1.54, 1.807) is 23.1 Å². The van der Waals surface area contributed by atoms with Gasteiger partial charge in [0.15, 0.2) is 0 Å². The first-order valence-corrected chi connectivity index (χ1v) is 8.00. The van der Waals surface area contributed by atoms with E-state index < -0.39 is 0 Å². The lowest BCUT2D eigenvalue weighted by Gasteiger charge is -2.18. The second-order valence-electron chi connectivity index (χ2n) is 5.73. The van der Waals surface area contributed by atoms with Crippen molar-refractivity contribution in [2.45, 2.75) is 26.3 Å². The van der Waals surface area contributed by atoms with Gasteiger partial charge in [0.2, 0.25) is 0 Å². The van der Waals surface area contributed by atoms with Gasteiger partial charge in [-0.2, -0.15) is 5.10 Å². The lowest BCUT2D eigenvalue weighted by molar-refractivity contribution is 0.0935. The normalized spacial score (nSPS) is 11.9. The Bertz CT molecular complexity index is 792. The molecule has 0 spiro atoms. The molecule has 1 heterocycles. The highest BCUT2D eigenvalue weighted by atomic mass is 16.1. The average molecular weight is 320 g/mol. The summed E-state index contributed by atoms with van der Waals surface area (Å²) in [5.41, 5.74) is 3.83. The molecule has 5 nitrogen and oxygen atoms in total. The van der Waals surface area contributed by atoms with Crippen LogP contribution in [0.5, 0.6) is 0 Å². The maximum Gasteiger partial charge on any atom is 0.251 e. The lowest BCUT2D eigenvalue weighted by Crippen LogP contribution is -2.28. The number of nitrogens with one attached hydrogen (secondary N) is 1. The van der Waals surface area contributed by atoms with E-state index in [1.807, 2.05) is 12.1 Å². The van der Waals surface area contributed by atoms with E-state index in [-0.39, 0.29) is 11.9 Å². The van der Waals surface area contributed by atoms with Gasteiger partial charge in [-0.05, 0) is 43.2 Å². The van der Waals surface area contributed by atoms with Gasteiger partial charge < -0.3 is 5.32 Å². The summed E-state index contributed by atoms with van der Waals surface area (Å²) in [5, 5.41) is 7.17. The van der Waals surface area contributed by atoms with Gasteiger partial charge in [-0.3, -0.25) is 4.79 Å². The minimum Gasteiger partial charge on any atom is -0.345 e. The van der Waals surface area contributed by atoms with Crippen LogP contribution in [-0.2, 0) is 0 Å². The summed E-state index contributed by atoms with van der Waals surface area (Å²) in [6.45, 7) is 4.12. The zero-order valence-electron chi connectivity index (χ0n) is 13.8. The summed E-state index contributed by atoms with van der Waals surface area (Å²) in [5.74, 6) is -0.0763. The summed E-state index contributed by atoms with van der Waals surface area (Å²) in [6.07, 6.45) is 3.94. The molecule has 0 radical (unpaired) electrons. The molecule has 3 rings (SSSR count). The molecule has 1 atom stereocenters. The molecule has 24 heavy (non-hydrogen) atoms. The van der Waals surface area contributed by atoms with Crippen molar-refractivity contribution in [1.29, 1.82) is 0 Å². The molecular weight excluding hydrogens is 300 g/mol. The Hall–Kier alpha value is -2.95. The average Bonchev–Trinajstić information content (AvgIpc) is 3.15. The molecule has 0 aliphatic rings. The molecule has 1 aromatic heterocycles. The smallest absolute Gasteiger partial charge is 0.251 e. The molecule has 1 N–H and O–H groups in total. The van der Waals surface area contributed by atoms with Gasteiger partial charge in [-0.15, -0.1) is 0 Å². The predicted octanol–water partition coefficient (Wildman–Crippen LogP) is 3.46. The van der Waals surface area contributed by atoms with Crippen molar-refractivity contribution >= 4 is 5.91 Å². The minimum absolute atomic E-state index is 0.00749. The molecule has 0 aliphatic carbocycles. The molecule has 0 saturated heterocycles. The highest BCUT2D eigenvalue weighted by molar-refractivity contribution is 5.94. The Morgan fingerprint density at radius 3 is 2.42 bits per heavy atom. The summed E-state index contributed by atoms with van der Waals surface area (Å²) in [4.78, 5) is 16.4. The van der Waals surface area contributed by atoms with E-state index in [9.17, 15) is 4.79 Å². The number of nitrogens with zero attached hydrogens (tertiary/aromatic N) is 3. The first-order chi connectivity index (χ1) is 11.7. The van der Waals surface area contributed by atoms with E-state index >= 15 is 0 Å². The van der Waals surface area contributed by atoms with Crippen molar-refractivity contribution in [3.8, 4) is 5.69 Å². The predicted molar refractivity (Wildman–Crippen MR) is 93.0 cm³/mol. The number of amides is 1. The Balaban J connectivity index is 1.72. The minimum atomic E-state index is -0.0763. The molecule has 2 aromatic carbocycles. The van der Waals surface area contributed by atoms with Crippen molar-refractivity contribution < 1.29 is 4.79 Å². The van der Waals surface area contributed by atoms with E-state index in [4.69, 9.17) is 0 Å². The molecule has 3 aromatic rings. The number of aromatic nitrogens is 3. The number of carbonyl (C=O) groups excluding carboxylic acids is 1. The summed E-state index contributed by atoms with van der Waals surface area (Å²) < 4.78 is 1.66. The third-order valence-corrected chi connectivity index (χ3v) is 4.01. The van der Waals surface area contributed by atoms with E-state index in [2.05, 4.69) is 53.5 Å². The van der Waals surface area contributed by atoms with Crippen LogP contribution in [0.15, 0.2) is 61.2 Å². The van der Waals surface area contributed by atoms with Crippen molar-refractivity contribution in [2.24, 2.45) is 0 Å². The molecule has 0 saturated carbocycles. The molecular formula is C19H20N4O. The van der Waals surface area contributed by atoms with Gasteiger partial charge in [0, 0.05) is 5.56 Å². The van der Waals surface area contributed by atoms with E-state index in [0.717, 1.165) is 17.7 Å². The Kier molecular flexibility index (Phi) is 4.70. The zero-order valence-corrected chi connectivity index (χ0v) is 13.8. The number of hydrogen-bond donors (Lipinski definition) is 1. The molecule has 0 fully saturated rings. The number of hydrogen-bond acceptors (Lipinski definition) is 3. The highest BCUT2D eigenvalue weighted by Gasteiger charge is 2.14. The van der Waals surface area contributed by atoms with Crippen LogP contribution in [0.4, 0.5) is 0 Å². The third-order valence-electron chi connectivity index (χ3n) is 4.01. The maximum absolute atomic E-state index is 12.5. The monoisotopic (exact) mass is 320 g/mol. The van der Waals surface area contributed by atoms with Crippen LogP contribution in [-0.4, -0.2) is 20.7 Å². The largest absolute Gasteiger partial charge is 0.345 e. The van der Waals surface area contributed by atoms with Crippen LogP contribution in [0, 0.1) is 6.92 Å². The van der Waals surface area contributed by atoms with Crippen LogP contribution in [0.3, 0.4) is 0 Å². The molecule has 0 aliphatic heterocycles. The molecule has 0 bridgehead atoms. The lowest BCUT2D eigenvalue weighted by atomic mass is 10.0. The number of rotatable bonds is 5. The Labute approximate surface area is 141 Å². The highest BCUT2D eigenvalue weighted by Crippen LogP contribution is 2.18. The summed E-state index contributed by atoms with van der Waals surface area (Å²) in [7, 11) is 0. The zero-order chi connectivity index (χ0) is 16.9. The van der Waals surface area contributed by atoms with Gasteiger partial charge in [-0.1, -0.05) is 36.8 Å². The number of aryl methyl sites for hydroxylation is 1. The Morgan fingerprint density at radius 1 is 1.12 bits per heavy atom. The van der Waals surface area contributed by atoms with Crippen molar-refractivity contribution in [2.75, 3.05) is 0 Å². The van der Waals surface area contributed by atoms with Crippen molar-refractivity contribution in [3.05, 3.63) is 77.9 Å². The third kappa shape index (κ3) is 3.51. The van der Waals surface area contributed by atoms with Crippen LogP contribution in [0.25, 0.3) is 5.69 Å². The fourth-order valence-corrected chi connectivity index (χ4v) is 2.57. The van der Waals surface area contributed by atoms with Gasteiger partial charge in [0.05, 0.1) is 11.7 Å². The van der Waals surface area contributed by atoms with E-state index in [0.29, 0.717) is 5.56 Å². The van der Waals surface area contributed by atoms with Gasteiger partial charge in [0.25, 0.3) is 5.91 Å². The molecule has 122 valence electrons. The summed E-state index contributed by atoms with van der Waals surface area (Å²) in [6, 6.07) is 15.6. The molecule has 1 amide bonds. The van der Waals surface area contributed by atoms with Gasteiger partial charge >= 0.3 is 0 Å². The van der Waals surface area contributed by atoms with Crippen molar-refractivity contribution in [3.63, 3.8) is 0 Å². The fourth-order valence-electron chi connectivity index (χ4n) is 2.57. The van der Waals surface area contributed by atoms with Crippen molar-refractivity contribution in [1.82, 2.24) is 20.1 Å². The number of benzene rings is 2. The summed E-state index contributed by atoms with van der Waals surface area (Å²) >= 11 is 0. The van der Waals surface area contributed by atoms with Gasteiger partial charge in [-0.25, -0.2) is 9.67 Å². The first-order valence-electron chi connectivity index (χ1n) is 8.00. The fraction of sp³-hybridized carbons (Fsp3) is 0.211. The molecule has 5 heteroatoms.